The molecule has 20 heavy (non-hydrogen) atoms. The van der Waals surface area contributed by atoms with E-state index in [0.29, 0.717) is 11.3 Å². The minimum Gasteiger partial charge on any atom is -0.481 e. The molecular formula is C14H19ClN2O3. The molecule has 0 spiro atoms. The number of carbonyl (C=O) groups excluding carboxylic acids is 1. The van der Waals surface area contributed by atoms with Gasteiger partial charge in [-0.05, 0) is 12.1 Å². The molecule has 0 fully saturated rings. The van der Waals surface area contributed by atoms with Gasteiger partial charge in [0.15, 0.2) is 0 Å². The molecule has 1 amide bonds. The van der Waals surface area contributed by atoms with Crippen LogP contribution in [0.3, 0.4) is 0 Å². The highest BCUT2D eigenvalue weighted by molar-refractivity contribution is 6.29. The SMILES string of the molecule is CC(CNC(=O)c1cc(Cl)nc(C(C)(C)C)c1)C(=O)O. The number of aromatic nitrogens is 1. The van der Waals surface area contributed by atoms with Crippen molar-refractivity contribution in [2.24, 2.45) is 5.92 Å². The van der Waals surface area contributed by atoms with Gasteiger partial charge >= 0.3 is 5.97 Å². The largest absolute Gasteiger partial charge is 0.481 e. The molecule has 5 nitrogen and oxygen atoms in total. The zero-order valence-electron chi connectivity index (χ0n) is 12.0. The van der Waals surface area contributed by atoms with E-state index in [-0.39, 0.29) is 23.0 Å². The fourth-order valence-electron chi connectivity index (χ4n) is 1.45. The van der Waals surface area contributed by atoms with Gasteiger partial charge in [0.2, 0.25) is 0 Å². The van der Waals surface area contributed by atoms with Crippen LogP contribution in [-0.2, 0) is 10.2 Å². The van der Waals surface area contributed by atoms with Crippen molar-refractivity contribution in [3.63, 3.8) is 0 Å². The number of carboxylic acid groups (broad SMARTS) is 1. The Morgan fingerprint density at radius 3 is 2.50 bits per heavy atom. The number of amides is 1. The molecule has 1 rings (SSSR count). The van der Waals surface area contributed by atoms with Crippen LogP contribution in [0.15, 0.2) is 12.1 Å². The first-order chi connectivity index (χ1) is 9.11. The van der Waals surface area contributed by atoms with Crippen molar-refractivity contribution in [1.29, 1.82) is 0 Å². The molecule has 1 aromatic heterocycles. The van der Waals surface area contributed by atoms with Gasteiger partial charge in [0.25, 0.3) is 5.91 Å². The topological polar surface area (TPSA) is 79.3 Å². The lowest BCUT2D eigenvalue weighted by atomic mass is 9.91. The van der Waals surface area contributed by atoms with Gasteiger partial charge in [0.05, 0.1) is 5.92 Å². The Labute approximate surface area is 123 Å². The van der Waals surface area contributed by atoms with Crippen LogP contribution in [0.1, 0.15) is 43.7 Å². The van der Waals surface area contributed by atoms with Gasteiger partial charge in [0, 0.05) is 23.2 Å². The Morgan fingerprint density at radius 1 is 1.40 bits per heavy atom. The lowest BCUT2D eigenvalue weighted by Crippen LogP contribution is -2.31. The van der Waals surface area contributed by atoms with Crippen molar-refractivity contribution in [3.8, 4) is 0 Å². The average Bonchev–Trinajstić information content (AvgIpc) is 2.33. The van der Waals surface area contributed by atoms with Crippen molar-refractivity contribution in [3.05, 3.63) is 28.5 Å². The third-order valence-electron chi connectivity index (χ3n) is 2.82. The van der Waals surface area contributed by atoms with E-state index in [1.165, 1.54) is 13.0 Å². The fourth-order valence-corrected chi connectivity index (χ4v) is 1.66. The van der Waals surface area contributed by atoms with Crippen molar-refractivity contribution in [2.45, 2.75) is 33.1 Å². The van der Waals surface area contributed by atoms with Crippen LogP contribution in [-0.4, -0.2) is 28.5 Å². The van der Waals surface area contributed by atoms with Crippen molar-refractivity contribution in [1.82, 2.24) is 10.3 Å². The number of nitrogens with zero attached hydrogens (tertiary/aromatic N) is 1. The number of hydrogen-bond donors (Lipinski definition) is 2. The van der Waals surface area contributed by atoms with Gasteiger partial charge in [0.1, 0.15) is 5.15 Å². The number of rotatable bonds is 4. The minimum atomic E-state index is -0.951. The summed E-state index contributed by atoms with van der Waals surface area (Å²) in [5.41, 5.74) is 0.864. The molecule has 1 heterocycles. The van der Waals surface area contributed by atoms with Gasteiger partial charge in [-0.25, -0.2) is 4.98 Å². The molecule has 0 saturated heterocycles. The Morgan fingerprint density at radius 2 is 2.00 bits per heavy atom. The molecule has 0 bridgehead atoms. The van der Waals surface area contributed by atoms with E-state index in [0.717, 1.165) is 0 Å². The molecule has 110 valence electrons. The lowest BCUT2D eigenvalue weighted by Gasteiger charge is -2.19. The third kappa shape index (κ3) is 4.49. The molecule has 0 radical (unpaired) electrons. The zero-order valence-corrected chi connectivity index (χ0v) is 12.8. The van der Waals surface area contributed by atoms with Crippen molar-refractivity contribution < 1.29 is 14.7 Å². The van der Waals surface area contributed by atoms with Crippen molar-refractivity contribution >= 4 is 23.5 Å². The van der Waals surface area contributed by atoms with Gasteiger partial charge < -0.3 is 10.4 Å². The molecule has 0 saturated carbocycles. The summed E-state index contributed by atoms with van der Waals surface area (Å²) < 4.78 is 0. The summed E-state index contributed by atoms with van der Waals surface area (Å²) in [6.07, 6.45) is 0. The van der Waals surface area contributed by atoms with Crippen molar-refractivity contribution in [2.75, 3.05) is 6.54 Å². The van der Waals surface area contributed by atoms with Crippen LogP contribution >= 0.6 is 11.6 Å². The molecule has 0 aliphatic heterocycles. The first-order valence-corrected chi connectivity index (χ1v) is 6.68. The van der Waals surface area contributed by atoms with E-state index < -0.39 is 11.9 Å². The fraction of sp³-hybridized carbons (Fsp3) is 0.500. The summed E-state index contributed by atoms with van der Waals surface area (Å²) in [5.74, 6) is -1.94. The molecule has 6 heteroatoms. The number of carbonyl (C=O) groups is 2. The van der Waals surface area contributed by atoms with Gasteiger partial charge in [-0.15, -0.1) is 0 Å². The zero-order chi connectivity index (χ0) is 15.5. The normalized spacial score (nSPS) is 12.8. The van der Waals surface area contributed by atoms with Crippen LogP contribution in [0.25, 0.3) is 0 Å². The maximum Gasteiger partial charge on any atom is 0.308 e. The van der Waals surface area contributed by atoms with E-state index in [9.17, 15) is 9.59 Å². The Hall–Kier alpha value is -1.62. The summed E-state index contributed by atoms with van der Waals surface area (Å²) in [6, 6.07) is 3.14. The molecule has 1 unspecified atom stereocenters. The monoisotopic (exact) mass is 298 g/mol. The number of pyridine rings is 1. The molecule has 2 N–H and O–H groups in total. The second-order valence-corrected chi connectivity index (χ2v) is 6.15. The van der Waals surface area contributed by atoms with Gasteiger partial charge in [-0.1, -0.05) is 39.3 Å². The van der Waals surface area contributed by atoms with Gasteiger partial charge in [-0.2, -0.15) is 0 Å². The summed E-state index contributed by atoms with van der Waals surface area (Å²) >= 11 is 5.93. The van der Waals surface area contributed by atoms with E-state index >= 15 is 0 Å². The van der Waals surface area contributed by atoms with Crippen LogP contribution in [0, 0.1) is 5.92 Å². The minimum absolute atomic E-state index is 0.0684. The second-order valence-electron chi connectivity index (χ2n) is 5.76. The Kier molecular flexibility index (Phi) is 5.11. The van der Waals surface area contributed by atoms with E-state index in [4.69, 9.17) is 16.7 Å². The third-order valence-corrected chi connectivity index (χ3v) is 3.01. The Bertz CT molecular complexity index is 524. The molecule has 0 aromatic carbocycles. The average molecular weight is 299 g/mol. The first kappa shape index (κ1) is 16.4. The van der Waals surface area contributed by atoms with Crippen LogP contribution in [0.4, 0.5) is 0 Å². The predicted molar refractivity (Wildman–Crippen MR) is 77.1 cm³/mol. The number of aliphatic carboxylic acids is 1. The lowest BCUT2D eigenvalue weighted by molar-refractivity contribution is -0.140. The quantitative estimate of drug-likeness (QED) is 0.837. The summed E-state index contributed by atoms with van der Waals surface area (Å²) in [5, 5.41) is 11.6. The molecule has 1 atom stereocenters. The van der Waals surface area contributed by atoms with Crippen LogP contribution in [0.2, 0.25) is 5.15 Å². The highest BCUT2D eigenvalue weighted by Crippen LogP contribution is 2.23. The highest BCUT2D eigenvalue weighted by atomic mass is 35.5. The van der Waals surface area contributed by atoms with E-state index in [1.807, 2.05) is 20.8 Å². The number of carboxylic acids is 1. The van der Waals surface area contributed by atoms with Crippen LogP contribution in [0.5, 0.6) is 0 Å². The standard InChI is InChI=1S/C14H19ClN2O3/c1-8(13(19)20)7-16-12(18)9-5-10(14(2,3)4)17-11(15)6-9/h5-6,8H,7H2,1-4H3,(H,16,18)(H,19,20). The van der Waals surface area contributed by atoms with E-state index in [1.54, 1.807) is 6.07 Å². The van der Waals surface area contributed by atoms with Crippen LogP contribution < -0.4 is 5.32 Å². The smallest absolute Gasteiger partial charge is 0.308 e. The molecule has 0 aliphatic rings. The molecule has 0 aliphatic carbocycles. The summed E-state index contributed by atoms with van der Waals surface area (Å²) in [7, 11) is 0. The predicted octanol–water partition coefficient (Wildman–Crippen LogP) is 2.48. The second kappa shape index (κ2) is 6.22. The maximum atomic E-state index is 12.0. The number of hydrogen-bond acceptors (Lipinski definition) is 3. The highest BCUT2D eigenvalue weighted by Gasteiger charge is 2.19. The molecular weight excluding hydrogens is 280 g/mol. The summed E-state index contributed by atoms with van der Waals surface area (Å²) in [4.78, 5) is 26.9. The first-order valence-electron chi connectivity index (χ1n) is 6.30. The number of nitrogens with one attached hydrogen (secondary N) is 1. The molecule has 1 aromatic rings. The summed E-state index contributed by atoms with van der Waals surface area (Å²) in [6.45, 7) is 7.52. The van der Waals surface area contributed by atoms with Gasteiger partial charge in [-0.3, -0.25) is 9.59 Å². The van der Waals surface area contributed by atoms with E-state index in [2.05, 4.69) is 10.3 Å². The maximum absolute atomic E-state index is 12.0. The number of halogens is 1. The Balaban J connectivity index is 2.88.